The van der Waals surface area contributed by atoms with Gasteiger partial charge in [0.2, 0.25) is 0 Å². The van der Waals surface area contributed by atoms with Crippen molar-refractivity contribution in [2.75, 3.05) is 6.54 Å². The molecule has 2 N–H and O–H groups in total. The Labute approximate surface area is 53.0 Å². The summed E-state index contributed by atoms with van der Waals surface area (Å²) in [6, 6.07) is 0. The van der Waals surface area contributed by atoms with Crippen molar-refractivity contribution < 1.29 is 13.5 Å². The third-order valence-corrected chi connectivity index (χ3v) is 1.01. The molecule has 0 spiro atoms. The van der Waals surface area contributed by atoms with Crippen LogP contribution < -0.4 is 5.73 Å². The minimum Gasteiger partial charge on any atom is -0.328 e. The number of ether oxygens (including phenoxy) is 1. The van der Waals surface area contributed by atoms with Gasteiger partial charge < -0.3 is 10.5 Å². The van der Waals surface area contributed by atoms with Gasteiger partial charge in [0.05, 0.1) is 6.10 Å². The average molecular weight is 139 g/mol. The molecule has 2 nitrogen and oxygen atoms in total. The molecule has 9 heavy (non-hydrogen) atoms. The van der Waals surface area contributed by atoms with Crippen LogP contribution in [0.2, 0.25) is 0 Å². The Balaban J connectivity index is 3.31. The third kappa shape index (κ3) is 4.29. The summed E-state index contributed by atoms with van der Waals surface area (Å²) in [6.45, 7) is -0.792. The topological polar surface area (TPSA) is 35.2 Å². The maximum atomic E-state index is 11.4. The molecule has 0 radical (unpaired) electrons. The van der Waals surface area contributed by atoms with Gasteiger partial charge in [0.15, 0.2) is 0 Å². The molecule has 0 saturated heterocycles. The molecule has 0 fully saturated rings. The first-order chi connectivity index (χ1) is 4.20. The zero-order valence-corrected chi connectivity index (χ0v) is 5.31. The second-order valence-corrected chi connectivity index (χ2v) is 1.66. The van der Waals surface area contributed by atoms with E-state index in [9.17, 15) is 8.78 Å². The lowest BCUT2D eigenvalue weighted by atomic mass is 10.3. The van der Waals surface area contributed by atoms with E-state index in [1.54, 1.807) is 6.92 Å². The summed E-state index contributed by atoms with van der Waals surface area (Å²) >= 11 is 0. The monoisotopic (exact) mass is 139 g/mol. The van der Waals surface area contributed by atoms with Gasteiger partial charge in [-0.05, 0) is 6.42 Å². The predicted octanol–water partition coefficient (Wildman–Crippen LogP) is 0.963. The Morgan fingerprint density at radius 1 is 1.56 bits per heavy atom. The average Bonchev–Trinajstić information content (AvgIpc) is 1.82. The van der Waals surface area contributed by atoms with Crippen LogP contribution in [0.3, 0.4) is 0 Å². The van der Waals surface area contributed by atoms with Gasteiger partial charge in [0.1, 0.15) is 0 Å². The van der Waals surface area contributed by atoms with E-state index < -0.39 is 12.7 Å². The van der Waals surface area contributed by atoms with Gasteiger partial charge in [0, 0.05) is 6.54 Å². The fourth-order valence-corrected chi connectivity index (χ4v) is 0.464. The standard InChI is InChI=1S/C5H11F2NO/c1-2-4(3-8)9-5(6)7/h4-5H,2-3,8H2,1H3. The summed E-state index contributed by atoms with van der Waals surface area (Å²) in [5.41, 5.74) is 5.07. The molecular formula is C5H11F2NO. The molecule has 0 saturated carbocycles. The fourth-order valence-electron chi connectivity index (χ4n) is 0.464. The number of alkyl halides is 2. The molecule has 0 aliphatic heterocycles. The summed E-state index contributed by atoms with van der Waals surface area (Å²) in [4.78, 5) is 0. The van der Waals surface area contributed by atoms with E-state index in [1.807, 2.05) is 0 Å². The first kappa shape index (κ1) is 8.78. The van der Waals surface area contributed by atoms with E-state index in [1.165, 1.54) is 0 Å². The van der Waals surface area contributed by atoms with Gasteiger partial charge in [-0.2, -0.15) is 8.78 Å². The number of hydrogen-bond acceptors (Lipinski definition) is 2. The normalized spacial score (nSPS) is 14.3. The number of nitrogens with two attached hydrogens (primary N) is 1. The molecule has 0 heterocycles. The molecule has 1 unspecified atom stereocenters. The lowest BCUT2D eigenvalue weighted by Crippen LogP contribution is -2.24. The molecule has 0 aliphatic rings. The van der Waals surface area contributed by atoms with Crippen molar-refractivity contribution in [1.82, 2.24) is 0 Å². The predicted molar refractivity (Wildman–Crippen MR) is 30.2 cm³/mol. The van der Waals surface area contributed by atoms with Gasteiger partial charge in [-0.3, -0.25) is 0 Å². The van der Waals surface area contributed by atoms with Crippen LogP contribution in [0, 0.1) is 0 Å². The molecule has 0 aromatic rings. The van der Waals surface area contributed by atoms with Crippen LogP contribution in [0.1, 0.15) is 13.3 Å². The molecule has 4 heteroatoms. The Morgan fingerprint density at radius 3 is 2.22 bits per heavy atom. The van der Waals surface area contributed by atoms with Gasteiger partial charge in [-0.1, -0.05) is 6.92 Å². The van der Waals surface area contributed by atoms with Crippen LogP contribution in [0.15, 0.2) is 0 Å². The summed E-state index contributed by atoms with van der Waals surface area (Å²) in [5, 5.41) is 0. The van der Waals surface area contributed by atoms with Crippen LogP contribution in [-0.2, 0) is 4.74 Å². The van der Waals surface area contributed by atoms with Crippen molar-refractivity contribution in [1.29, 1.82) is 0 Å². The van der Waals surface area contributed by atoms with E-state index in [2.05, 4.69) is 4.74 Å². The first-order valence-electron chi connectivity index (χ1n) is 2.84. The molecule has 0 amide bonds. The maximum Gasteiger partial charge on any atom is 0.345 e. The lowest BCUT2D eigenvalue weighted by molar-refractivity contribution is -0.160. The highest BCUT2D eigenvalue weighted by atomic mass is 19.3. The smallest absolute Gasteiger partial charge is 0.328 e. The fraction of sp³-hybridized carbons (Fsp3) is 1.00. The Bertz CT molecular complexity index is 66.0. The van der Waals surface area contributed by atoms with E-state index >= 15 is 0 Å². The van der Waals surface area contributed by atoms with Gasteiger partial charge in [0.25, 0.3) is 0 Å². The van der Waals surface area contributed by atoms with E-state index in [0.717, 1.165) is 0 Å². The molecule has 56 valence electrons. The van der Waals surface area contributed by atoms with Crippen molar-refractivity contribution in [3.8, 4) is 0 Å². The highest BCUT2D eigenvalue weighted by Crippen LogP contribution is 2.02. The van der Waals surface area contributed by atoms with Gasteiger partial charge in [-0.25, -0.2) is 0 Å². The first-order valence-corrected chi connectivity index (χ1v) is 2.84. The van der Waals surface area contributed by atoms with Crippen molar-refractivity contribution in [3.05, 3.63) is 0 Å². The minimum absolute atomic E-state index is 0.154. The number of halogens is 2. The molecule has 0 aromatic carbocycles. The van der Waals surface area contributed by atoms with Crippen molar-refractivity contribution in [2.45, 2.75) is 26.1 Å². The zero-order chi connectivity index (χ0) is 7.28. The second-order valence-electron chi connectivity index (χ2n) is 1.66. The highest BCUT2D eigenvalue weighted by molar-refractivity contribution is 4.53. The Kier molecular flexibility index (Phi) is 4.53. The summed E-state index contributed by atoms with van der Waals surface area (Å²) < 4.78 is 26.9. The molecule has 0 aliphatic carbocycles. The number of hydrogen-bond donors (Lipinski definition) is 1. The summed E-state index contributed by atoms with van der Waals surface area (Å²) in [6.07, 6.45) is 0.0332. The van der Waals surface area contributed by atoms with Crippen LogP contribution in [0.25, 0.3) is 0 Å². The van der Waals surface area contributed by atoms with E-state index in [-0.39, 0.29) is 6.54 Å². The lowest BCUT2D eigenvalue weighted by Gasteiger charge is -2.11. The Morgan fingerprint density at radius 2 is 2.11 bits per heavy atom. The molecular weight excluding hydrogens is 128 g/mol. The molecule has 0 bridgehead atoms. The molecule has 0 rings (SSSR count). The SMILES string of the molecule is CCC(CN)OC(F)F. The Hall–Kier alpha value is -0.220. The van der Waals surface area contributed by atoms with Crippen molar-refractivity contribution in [3.63, 3.8) is 0 Å². The molecule has 0 aromatic heterocycles. The summed E-state index contributed by atoms with van der Waals surface area (Å²) in [7, 11) is 0. The minimum atomic E-state index is -2.70. The van der Waals surface area contributed by atoms with Gasteiger partial charge >= 0.3 is 6.61 Å². The van der Waals surface area contributed by atoms with Crippen molar-refractivity contribution in [2.24, 2.45) is 5.73 Å². The quantitative estimate of drug-likeness (QED) is 0.629. The van der Waals surface area contributed by atoms with Crippen molar-refractivity contribution >= 4 is 0 Å². The van der Waals surface area contributed by atoms with Crippen LogP contribution in [0.5, 0.6) is 0 Å². The maximum absolute atomic E-state index is 11.4. The largest absolute Gasteiger partial charge is 0.345 e. The van der Waals surface area contributed by atoms with E-state index in [0.29, 0.717) is 6.42 Å². The van der Waals surface area contributed by atoms with Crippen LogP contribution in [0.4, 0.5) is 8.78 Å². The number of rotatable bonds is 4. The molecule has 1 atom stereocenters. The van der Waals surface area contributed by atoms with Gasteiger partial charge in [-0.15, -0.1) is 0 Å². The second kappa shape index (κ2) is 4.64. The zero-order valence-electron chi connectivity index (χ0n) is 5.31. The van der Waals surface area contributed by atoms with Crippen LogP contribution in [-0.4, -0.2) is 19.3 Å². The third-order valence-electron chi connectivity index (χ3n) is 1.01. The van der Waals surface area contributed by atoms with E-state index in [4.69, 9.17) is 5.73 Å². The highest BCUT2D eigenvalue weighted by Gasteiger charge is 2.09. The summed E-state index contributed by atoms with van der Waals surface area (Å²) in [5.74, 6) is 0. The van der Waals surface area contributed by atoms with Crippen LogP contribution >= 0.6 is 0 Å².